The van der Waals surface area contributed by atoms with Crippen molar-refractivity contribution in [3.8, 4) is 11.5 Å². The molecule has 1 N–H and O–H groups in total. The maximum atomic E-state index is 12.6. The molecule has 0 aliphatic rings. The summed E-state index contributed by atoms with van der Waals surface area (Å²) < 4.78 is 7.26. The standard InChI is InChI=1S/C20H17N5O2/c1-13-18(12-25-20(21-13)22-14(2)24-25)19(26)23-15-8-10-17(11-9-15)27-16-6-4-3-5-7-16/h3-12H,1-2H3,(H,23,26). The number of anilines is 1. The van der Waals surface area contributed by atoms with Crippen LogP contribution in [0.25, 0.3) is 5.78 Å². The van der Waals surface area contributed by atoms with E-state index < -0.39 is 0 Å². The Morgan fingerprint density at radius 1 is 0.963 bits per heavy atom. The molecule has 0 aliphatic heterocycles. The van der Waals surface area contributed by atoms with Crippen LogP contribution in [0.2, 0.25) is 0 Å². The molecule has 2 aromatic heterocycles. The monoisotopic (exact) mass is 359 g/mol. The van der Waals surface area contributed by atoms with Crippen molar-refractivity contribution in [2.75, 3.05) is 5.32 Å². The first-order chi connectivity index (χ1) is 13.1. The molecule has 0 fully saturated rings. The summed E-state index contributed by atoms with van der Waals surface area (Å²) in [6, 6.07) is 16.7. The maximum absolute atomic E-state index is 12.6. The number of fused-ring (bicyclic) bond motifs is 1. The number of aromatic nitrogens is 4. The highest BCUT2D eigenvalue weighted by molar-refractivity contribution is 6.04. The van der Waals surface area contributed by atoms with Crippen LogP contribution in [0.4, 0.5) is 5.69 Å². The highest BCUT2D eigenvalue weighted by Gasteiger charge is 2.14. The van der Waals surface area contributed by atoms with Crippen molar-refractivity contribution in [2.24, 2.45) is 0 Å². The lowest BCUT2D eigenvalue weighted by Gasteiger charge is -2.09. The molecule has 7 heteroatoms. The molecule has 2 heterocycles. The topological polar surface area (TPSA) is 81.4 Å². The lowest BCUT2D eigenvalue weighted by molar-refractivity contribution is 0.102. The van der Waals surface area contributed by atoms with Gasteiger partial charge >= 0.3 is 0 Å². The lowest BCUT2D eigenvalue weighted by atomic mass is 10.2. The van der Waals surface area contributed by atoms with Gasteiger partial charge in [-0.3, -0.25) is 4.79 Å². The van der Waals surface area contributed by atoms with Crippen LogP contribution < -0.4 is 10.1 Å². The second-order valence-electron chi connectivity index (χ2n) is 6.04. The number of hydrogen-bond acceptors (Lipinski definition) is 5. The fourth-order valence-corrected chi connectivity index (χ4v) is 2.66. The lowest BCUT2D eigenvalue weighted by Crippen LogP contribution is -2.15. The summed E-state index contributed by atoms with van der Waals surface area (Å²) in [5.74, 6) is 2.27. The van der Waals surface area contributed by atoms with Crippen molar-refractivity contribution in [2.45, 2.75) is 13.8 Å². The van der Waals surface area contributed by atoms with Crippen LogP contribution in [0.3, 0.4) is 0 Å². The zero-order chi connectivity index (χ0) is 18.8. The molecule has 4 rings (SSSR count). The van der Waals surface area contributed by atoms with E-state index in [9.17, 15) is 4.79 Å². The summed E-state index contributed by atoms with van der Waals surface area (Å²) >= 11 is 0. The molecule has 0 spiro atoms. The van der Waals surface area contributed by atoms with E-state index in [0.29, 0.717) is 34.3 Å². The maximum Gasteiger partial charge on any atom is 0.259 e. The van der Waals surface area contributed by atoms with E-state index in [1.165, 1.54) is 4.52 Å². The Hall–Kier alpha value is -3.74. The number of rotatable bonds is 4. The SMILES string of the molecule is Cc1nc2nc(C)c(C(=O)Nc3ccc(Oc4ccccc4)cc3)cn2n1. The minimum absolute atomic E-state index is 0.258. The third kappa shape index (κ3) is 3.62. The number of hydrogen-bond donors (Lipinski definition) is 1. The Morgan fingerprint density at radius 3 is 2.41 bits per heavy atom. The Kier molecular flexibility index (Phi) is 4.25. The smallest absolute Gasteiger partial charge is 0.259 e. The molecular formula is C20H17N5O2. The third-order valence-electron chi connectivity index (χ3n) is 3.96. The molecule has 0 saturated carbocycles. The van der Waals surface area contributed by atoms with Crippen LogP contribution in [-0.4, -0.2) is 25.5 Å². The molecule has 134 valence electrons. The van der Waals surface area contributed by atoms with E-state index in [0.717, 1.165) is 5.75 Å². The number of aryl methyl sites for hydroxylation is 2. The first kappa shape index (κ1) is 16.7. The molecule has 7 nitrogen and oxygen atoms in total. The van der Waals surface area contributed by atoms with E-state index in [1.54, 1.807) is 44.3 Å². The number of benzene rings is 2. The summed E-state index contributed by atoms with van der Waals surface area (Å²) in [6.45, 7) is 3.55. The van der Waals surface area contributed by atoms with E-state index >= 15 is 0 Å². The average Bonchev–Trinajstić information content (AvgIpc) is 3.02. The van der Waals surface area contributed by atoms with Crippen molar-refractivity contribution in [3.63, 3.8) is 0 Å². The number of ether oxygens (including phenoxy) is 1. The first-order valence-electron chi connectivity index (χ1n) is 8.43. The number of para-hydroxylation sites is 1. The van der Waals surface area contributed by atoms with Crippen LogP contribution in [0, 0.1) is 13.8 Å². The van der Waals surface area contributed by atoms with Crippen molar-refractivity contribution in [3.05, 3.63) is 77.9 Å². The summed E-state index contributed by atoms with van der Waals surface area (Å²) in [5.41, 5.74) is 1.70. The van der Waals surface area contributed by atoms with Crippen LogP contribution >= 0.6 is 0 Å². The normalized spacial score (nSPS) is 10.7. The zero-order valence-electron chi connectivity index (χ0n) is 14.9. The molecule has 27 heavy (non-hydrogen) atoms. The molecule has 2 aromatic carbocycles. The minimum Gasteiger partial charge on any atom is -0.457 e. The second kappa shape index (κ2) is 6.87. The molecule has 0 atom stereocenters. The molecule has 0 unspecified atom stereocenters. The van der Waals surface area contributed by atoms with Gasteiger partial charge in [-0.05, 0) is 50.2 Å². The summed E-state index contributed by atoms with van der Waals surface area (Å²) in [6.07, 6.45) is 1.64. The van der Waals surface area contributed by atoms with Gasteiger partial charge in [0.2, 0.25) is 0 Å². The average molecular weight is 359 g/mol. The molecule has 4 aromatic rings. The Labute approximate surface area is 155 Å². The molecule has 0 aliphatic carbocycles. The van der Waals surface area contributed by atoms with E-state index in [1.807, 2.05) is 30.3 Å². The van der Waals surface area contributed by atoms with Crippen LogP contribution in [0.15, 0.2) is 60.8 Å². The summed E-state index contributed by atoms with van der Waals surface area (Å²) in [7, 11) is 0. The highest BCUT2D eigenvalue weighted by atomic mass is 16.5. The van der Waals surface area contributed by atoms with Crippen LogP contribution in [0.5, 0.6) is 11.5 Å². The molecule has 0 bridgehead atoms. The van der Waals surface area contributed by atoms with Gasteiger partial charge in [0.1, 0.15) is 17.3 Å². The van der Waals surface area contributed by atoms with Gasteiger partial charge in [0.15, 0.2) is 0 Å². The van der Waals surface area contributed by atoms with Gasteiger partial charge in [-0.25, -0.2) is 9.50 Å². The van der Waals surface area contributed by atoms with Gasteiger partial charge in [-0.15, -0.1) is 0 Å². The number of nitrogens with one attached hydrogen (secondary N) is 1. The Morgan fingerprint density at radius 2 is 1.67 bits per heavy atom. The minimum atomic E-state index is -0.258. The predicted octanol–water partition coefficient (Wildman–Crippen LogP) is 3.79. The number of nitrogens with zero attached hydrogens (tertiary/aromatic N) is 4. The largest absolute Gasteiger partial charge is 0.457 e. The van der Waals surface area contributed by atoms with E-state index in [2.05, 4.69) is 20.4 Å². The van der Waals surface area contributed by atoms with E-state index in [4.69, 9.17) is 4.74 Å². The van der Waals surface area contributed by atoms with Crippen molar-refractivity contribution in [1.29, 1.82) is 0 Å². The van der Waals surface area contributed by atoms with Gasteiger partial charge in [-0.2, -0.15) is 10.1 Å². The predicted molar refractivity (Wildman–Crippen MR) is 101 cm³/mol. The fraction of sp³-hybridized carbons (Fsp3) is 0.100. The highest BCUT2D eigenvalue weighted by Crippen LogP contribution is 2.23. The third-order valence-corrected chi connectivity index (χ3v) is 3.96. The zero-order valence-corrected chi connectivity index (χ0v) is 14.9. The van der Waals surface area contributed by atoms with Crippen LogP contribution in [0.1, 0.15) is 21.9 Å². The Balaban J connectivity index is 1.50. The number of carbonyl (C=O) groups excluding carboxylic acids is 1. The Bertz CT molecular complexity index is 1100. The van der Waals surface area contributed by atoms with Gasteiger partial charge < -0.3 is 10.1 Å². The van der Waals surface area contributed by atoms with Gasteiger partial charge in [0, 0.05) is 11.9 Å². The summed E-state index contributed by atoms with van der Waals surface area (Å²) in [4.78, 5) is 21.1. The van der Waals surface area contributed by atoms with E-state index in [-0.39, 0.29) is 5.91 Å². The second-order valence-corrected chi connectivity index (χ2v) is 6.04. The number of carbonyl (C=O) groups is 1. The first-order valence-corrected chi connectivity index (χ1v) is 8.43. The van der Waals surface area contributed by atoms with Crippen molar-refractivity contribution >= 4 is 17.4 Å². The van der Waals surface area contributed by atoms with Gasteiger partial charge in [0.25, 0.3) is 11.7 Å². The fourth-order valence-electron chi connectivity index (χ4n) is 2.66. The van der Waals surface area contributed by atoms with Gasteiger partial charge in [-0.1, -0.05) is 18.2 Å². The quantitative estimate of drug-likeness (QED) is 0.600. The molecule has 0 saturated heterocycles. The van der Waals surface area contributed by atoms with Crippen molar-refractivity contribution < 1.29 is 9.53 Å². The number of amides is 1. The van der Waals surface area contributed by atoms with Gasteiger partial charge in [0.05, 0.1) is 11.3 Å². The molecule has 1 amide bonds. The molecule has 0 radical (unpaired) electrons. The van der Waals surface area contributed by atoms with Crippen molar-refractivity contribution in [1.82, 2.24) is 19.6 Å². The summed E-state index contributed by atoms with van der Waals surface area (Å²) in [5, 5.41) is 7.07. The van der Waals surface area contributed by atoms with Crippen LogP contribution in [-0.2, 0) is 0 Å². The molecular weight excluding hydrogens is 342 g/mol.